The Hall–Kier alpha value is -2.65. The minimum Gasteiger partial charge on any atom is -0.393 e. The highest BCUT2D eigenvalue weighted by Gasteiger charge is 2.53. The summed E-state index contributed by atoms with van der Waals surface area (Å²) in [6.45, 7) is 1.22. The predicted octanol–water partition coefficient (Wildman–Crippen LogP) is -3.77. The number of aromatic nitrogens is 4. The molecule has 21 nitrogen and oxygen atoms in total. The van der Waals surface area contributed by atoms with Crippen LogP contribution in [0.1, 0.15) is 20.1 Å². The molecule has 0 bridgehead atoms. The SMILES string of the molecule is CC(C)=CCn1c(=O)nc(N)c2c1ncn2[C@@H]1O[C@H](CO[C@@H]2OC[C@](O)(CO)[C@H]2O)[C@@H](OS(=O)(=O)O)[C@H](O)[C@H]1OS(=O)(=O)O. The molecule has 2 fully saturated rings. The maximum atomic E-state index is 12.6. The Bertz CT molecular complexity index is 1670. The van der Waals surface area contributed by atoms with E-state index in [1.54, 1.807) is 19.9 Å². The molecule has 0 unspecified atom stereocenters. The number of imidazole rings is 1. The number of allylic oxidation sites excluding steroid dienone is 2. The first kappa shape index (κ1) is 34.2. The van der Waals surface area contributed by atoms with Gasteiger partial charge in [-0.05, 0) is 13.8 Å². The second-order valence-electron chi connectivity index (χ2n) is 10.2. The molecule has 2 aromatic heterocycles. The van der Waals surface area contributed by atoms with Crippen molar-refractivity contribution in [3.8, 4) is 0 Å². The molecule has 0 aromatic carbocycles. The number of rotatable bonds is 11. The predicted molar refractivity (Wildman–Crippen MR) is 142 cm³/mol. The lowest BCUT2D eigenvalue weighted by atomic mass is 9.98. The molecule has 2 aliphatic heterocycles. The maximum absolute atomic E-state index is 12.6. The number of nitrogens with two attached hydrogens (primary N) is 1. The van der Waals surface area contributed by atoms with Crippen molar-refractivity contribution in [1.29, 1.82) is 0 Å². The Kier molecular flexibility index (Phi) is 9.82. The van der Waals surface area contributed by atoms with Crippen LogP contribution in [0.25, 0.3) is 11.2 Å². The number of aliphatic hydroxyl groups excluding tert-OH is 3. The Balaban J connectivity index is 1.79. The molecule has 2 aromatic rings. The van der Waals surface area contributed by atoms with Gasteiger partial charge in [0.05, 0.1) is 26.1 Å². The van der Waals surface area contributed by atoms with Gasteiger partial charge in [0.15, 0.2) is 30.1 Å². The molecule has 0 radical (unpaired) electrons. The van der Waals surface area contributed by atoms with E-state index in [4.69, 9.17) is 19.9 Å². The molecule has 4 heterocycles. The molecular formula is C21H31N5O16S2. The van der Waals surface area contributed by atoms with Gasteiger partial charge in [0.1, 0.15) is 35.5 Å². The first-order chi connectivity index (χ1) is 20.3. The van der Waals surface area contributed by atoms with Crippen molar-refractivity contribution < 1.29 is 68.9 Å². The van der Waals surface area contributed by atoms with Gasteiger partial charge in [0.2, 0.25) is 0 Å². The maximum Gasteiger partial charge on any atom is 0.397 e. The third kappa shape index (κ3) is 7.25. The molecule has 248 valence electrons. The fourth-order valence-corrected chi connectivity index (χ4v) is 5.64. The number of fused-ring (bicyclic) bond motifs is 1. The standard InChI is InChI=1S/C21H31N5O16S2/c1-9(2)3-4-25-17-11(16(22)24-20(25)30)26(8-23-17)18-14(42-44(35,36)37)12(28)13(41-43(32,33)34)10(40-18)5-38-19-15(29)21(31,6-27)7-39-19/h3,8,10,12-15,18-19,27-29,31H,4-7H2,1-2H3,(H2,22,24,30)(H,32,33,34)(H,35,36,37)/t10-,12+,13-,14-,15+,18-,19-,21-/m1/s1. The molecule has 2 saturated heterocycles. The smallest absolute Gasteiger partial charge is 0.393 e. The highest BCUT2D eigenvalue weighted by atomic mass is 32.3. The molecule has 0 amide bonds. The summed E-state index contributed by atoms with van der Waals surface area (Å²) in [4.78, 5) is 20.5. The highest BCUT2D eigenvalue weighted by Crippen LogP contribution is 2.37. The number of ether oxygens (including phenoxy) is 3. The minimum absolute atomic E-state index is 0.00824. The average molecular weight is 674 g/mol. The molecule has 8 atom stereocenters. The molecule has 23 heteroatoms. The van der Waals surface area contributed by atoms with Gasteiger partial charge in [-0.1, -0.05) is 11.6 Å². The van der Waals surface area contributed by atoms with Crippen LogP contribution in [0.15, 0.2) is 22.8 Å². The van der Waals surface area contributed by atoms with Gasteiger partial charge < -0.3 is 40.4 Å². The van der Waals surface area contributed by atoms with E-state index in [1.165, 1.54) is 0 Å². The van der Waals surface area contributed by atoms with Crippen molar-refractivity contribution in [2.75, 3.05) is 25.6 Å². The molecular weight excluding hydrogens is 642 g/mol. The van der Waals surface area contributed by atoms with Crippen molar-refractivity contribution in [1.82, 2.24) is 19.1 Å². The average Bonchev–Trinajstić information content (AvgIpc) is 3.46. The summed E-state index contributed by atoms with van der Waals surface area (Å²) in [5, 5.41) is 41.0. The van der Waals surface area contributed by atoms with Crippen LogP contribution in [-0.4, -0.2) is 128 Å². The molecule has 0 spiro atoms. The van der Waals surface area contributed by atoms with Crippen LogP contribution in [0.2, 0.25) is 0 Å². The Labute approximate surface area is 248 Å². The minimum atomic E-state index is -5.40. The quantitative estimate of drug-likeness (QED) is 0.0889. The van der Waals surface area contributed by atoms with Crippen molar-refractivity contribution in [2.45, 2.75) is 69.0 Å². The molecule has 4 rings (SSSR count). The van der Waals surface area contributed by atoms with Crippen molar-refractivity contribution in [2.24, 2.45) is 0 Å². The van der Waals surface area contributed by atoms with Crippen molar-refractivity contribution in [3.63, 3.8) is 0 Å². The molecule has 0 saturated carbocycles. The van der Waals surface area contributed by atoms with Crippen LogP contribution >= 0.6 is 0 Å². The topological polar surface area (TPSA) is 315 Å². The zero-order valence-corrected chi connectivity index (χ0v) is 24.6. The van der Waals surface area contributed by atoms with E-state index in [9.17, 15) is 51.2 Å². The monoisotopic (exact) mass is 673 g/mol. The summed E-state index contributed by atoms with van der Waals surface area (Å²) in [7, 11) is -10.8. The van der Waals surface area contributed by atoms with Gasteiger partial charge in [0.25, 0.3) is 0 Å². The first-order valence-corrected chi connectivity index (χ1v) is 15.3. The van der Waals surface area contributed by atoms with Crippen LogP contribution < -0.4 is 11.4 Å². The van der Waals surface area contributed by atoms with Crippen molar-refractivity contribution >= 4 is 37.8 Å². The van der Waals surface area contributed by atoms with E-state index in [0.29, 0.717) is 0 Å². The Morgan fingerprint density at radius 3 is 2.39 bits per heavy atom. The van der Waals surface area contributed by atoms with Gasteiger partial charge in [-0.25, -0.2) is 18.1 Å². The highest BCUT2D eigenvalue weighted by molar-refractivity contribution is 7.81. The van der Waals surface area contributed by atoms with Crippen molar-refractivity contribution in [3.05, 3.63) is 28.5 Å². The molecule has 44 heavy (non-hydrogen) atoms. The van der Waals surface area contributed by atoms with E-state index in [1.807, 2.05) is 0 Å². The molecule has 0 aliphatic carbocycles. The van der Waals surface area contributed by atoms with E-state index in [0.717, 1.165) is 21.0 Å². The zero-order valence-electron chi connectivity index (χ0n) is 23.0. The summed E-state index contributed by atoms with van der Waals surface area (Å²) in [5.41, 5.74) is 3.73. The summed E-state index contributed by atoms with van der Waals surface area (Å²) in [5.74, 6) is -0.422. The summed E-state index contributed by atoms with van der Waals surface area (Å²) in [6, 6.07) is 0. The number of hydrogen-bond donors (Lipinski definition) is 7. The van der Waals surface area contributed by atoms with Crippen LogP contribution in [0.3, 0.4) is 0 Å². The molecule has 8 N–H and O–H groups in total. The van der Waals surface area contributed by atoms with E-state index >= 15 is 0 Å². The normalized spacial score (nSPS) is 31.4. The summed E-state index contributed by atoms with van der Waals surface area (Å²) < 4.78 is 93.2. The fraction of sp³-hybridized carbons (Fsp3) is 0.667. The largest absolute Gasteiger partial charge is 0.397 e. The Morgan fingerprint density at radius 2 is 1.82 bits per heavy atom. The van der Waals surface area contributed by atoms with Gasteiger partial charge in [-0.3, -0.25) is 18.2 Å². The number of nitrogens with zero attached hydrogens (tertiary/aromatic N) is 4. The van der Waals surface area contributed by atoms with E-state index < -0.39 is 101 Å². The lowest BCUT2D eigenvalue weighted by Gasteiger charge is -2.43. The third-order valence-electron chi connectivity index (χ3n) is 6.78. The number of hydrogen-bond acceptors (Lipinski definition) is 17. The second-order valence-corrected chi connectivity index (χ2v) is 12.3. The van der Waals surface area contributed by atoms with E-state index in [2.05, 4.69) is 18.3 Å². The molecule has 2 aliphatic rings. The lowest BCUT2D eigenvalue weighted by molar-refractivity contribution is -0.257. The zero-order chi connectivity index (χ0) is 32.8. The Morgan fingerprint density at radius 1 is 1.18 bits per heavy atom. The van der Waals surface area contributed by atoms with E-state index in [-0.39, 0.29) is 17.7 Å². The third-order valence-corrected chi connectivity index (χ3v) is 7.71. The summed E-state index contributed by atoms with van der Waals surface area (Å²) in [6.07, 6.45) is -11.2. The van der Waals surface area contributed by atoms with Gasteiger partial charge >= 0.3 is 26.5 Å². The van der Waals surface area contributed by atoms with Crippen LogP contribution in [-0.2, 0) is 49.9 Å². The van der Waals surface area contributed by atoms with Gasteiger partial charge in [0, 0.05) is 6.54 Å². The van der Waals surface area contributed by atoms with Crippen LogP contribution in [0.5, 0.6) is 0 Å². The summed E-state index contributed by atoms with van der Waals surface area (Å²) >= 11 is 0. The second kappa shape index (κ2) is 12.6. The lowest BCUT2D eigenvalue weighted by Crippen LogP contribution is -2.59. The van der Waals surface area contributed by atoms with Gasteiger partial charge in [-0.2, -0.15) is 21.8 Å². The number of anilines is 1. The first-order valence-electron chi connectivity index (χ1n) is 12.6. The number of nitrogen functional groups attached to an aromatic ring is 1. The van der Waals surface area contributed by atoms with Crippen LogP contribution in [0, 0.1) is 0 Å². The fourth-order valence-electron chi connectivity index (χ4n) is 4.63. The number of aliphatic hydroxyl groups is 4. The van der Waals surface area contributed by atoms with Crippen LogP contribution in [0.4, 0.5) is 5.82 Å². The van der Waals surface area contributed by atoms with Gasteiger partial charge in [-0.15, -0.1) is 0 Å².